The van der Waals surface area contributed by atoms with Crippen molar-refractivity contribution >= 4 is 29.1 Å². The van der Waals surface area contributed by atoms with Crippen LogP contribution >= 0.6 is 11.6 Å². The van der Waals surface area contributed by atoms with Crippen LogP contribution in [0.2, 0.25) is 5.15 Å². The lowest BCUT2D eigenvalue weighted by molar-refractivity contribution is -0.169. The standard InChI is InChI=1S/C19H19ClF3N5O2/c1-11-8-28-15(10-26(11)17(29)5-12-2-3-24-16(20)4-12)14(7-25-28)27-9-13(6-18(27)30)19(21,22)23/h2-4,7,11,13H,5-6,8-10H2,1H3/t11-,13?/m0/s1. The summed E-state index contributed by atoms with van der Waals surface area (Å²) in [5, 5.41) is 4.53. The molecule has 7 nitrogen and oxygen atoms in total. The van der Waals surface area contributed by atoms with E-state index in [4.69, 9.17) is 11.6 Å². The Morgan fingerprint density at radius 1 is 1.33 bits per heavy atom. The van der Waals surface area contributed by atoms with Gasteiger partial charge in [-0.05, 0) is 24.6 Å². The second-order valence-electron chi connectivity index (χ2n) is 7.64. The topological polar surface area (TPSA) is 71.3 Å². The highest BCUT2D eigenvalue weighted by Gasteiger charge is 2.48. The molecule has 30 heavy (non-hydrogen) atoms. The SMILES string of the molecule is C[C@H]1Cn2ncc(N3CC(C(F)(F)F)CC3=O)c2CN1C(=O)Cc1ccnc(Cl)c1. The van der Waals surface area contributed by atoms with Gasteiger partial charge in [0.1, 0.15) is 5.15 Å². The maximum absolute atomic E-state index is 13.1. The number of hydrogen-bond acceptors (Lipinski definition) is 4. The van der Waals surface area contributed by atoms with Gasteiger partial charge in [-0.1, -0.05) is 11.6 Å². The monoisotopic (exact) mass is 441 g/mol. The molecule has 0 saturated carbocycles. The Kier molecular flexibility index (Phi) is 5.21. The van der Waals surface area contributed by atoms with Crippen LogP contribution in [0, 0.1) is 5.92 Å². The second kappa shape index (κ2) is 7.57. The Labute approximate surface area is 175 Å². The lowest BCUT2D eigenvalue weighted by atomic mass is 10.1. The number of halogens is 4. The zero-order valence-electron chi connectivity index (χ0n) is 16.1. The van der Waals surface area contributed by atoms with Crippen LogP contribution in [-0.2, 0) is 29.1 Å². The van der Waals surface area contributed by atoms with Gasteiger partial charge in [-0.2, -0.15) is 18.3 Å². The minimum absolute atomic E-state index is 0.120. The number of fused-ring (bicyclic) bond motifs is 1. The summed E-state index contributed by atoms with van der Waals surface area (Å²) in [5.41, 5.74) is 1.61. The summed E-state index contributed by atoms with van der Waals surface area (Å²) < 4.78 is 40.9. The van der Waals surface area contributed by atoms with Crippen molar-refractivity contribution in [3.63, 3.8) is 0 Å². The van der Waals surface area contributed by atoms with Gasteiger partial charge in [0.25, 0.3) is 0 Å². The third kappa shape index (κ3) is 3.88. The number of carbonyl (C=O) groups is 2. The van der Waals surface area contributed by atoms with E-state index < -0.39 is 31.0 Å². The van der Waals surface area contributed by atoms with Gasteiger partial charge in [0.2, 0.25) is 11.8 Å². The number of pyridine rings is 1. The van der Waals surface area contributed by atoms with E-state index in [-0.39, 0.29) is 24.9 Å². The van der Waals surface area contributed by atoms with Crippen LogP contribution < -0.4 is 4.90 Å². The number of amides is 2. The molecule has 1 unspecified atom stereocenters. The van der Waals surface area contributed by atoms with Gasteiger partial charge >= 0.3 is 6.18 Å². The molecule has 4 heterocycles. The van der Waals surface area contributed by atoms with Crippen LogP contribution in [0.3, 0.4) is 0 Å². The molecule has 1 saturated heterocycles. The van der Waals surface area contributed by atoms with Gasteiger partial charge in [0.05, 0.1) is 43.0 Å². The van der Waals surface area contributed by atoms with Gasteiger partial charge in [-0.15, -0.1) is 0 Å². The smallest absolute Gasteiger partial charge is 0.332 e. The van der Waals surface area contributed by atoms with E-state index in [1.54, 1.807) is 21.7 Å². The predicted octanol–water partition coefficient (Wildman–Crippen LogP) is 2.82. The fourth-order valence-corrected chi connectivity index (χ4v) is 4.13. The number of anilines is 1. The molecule has 1 fully saturated rings. The molecule has 4 rings (SSSR count). The molecule has 160 valence electrons. The largest absolute Gasteiger partial charge is 0.394 e. The molecule has 2 aromatic rings. The fourth-order valence-electron chi connectivity index (χ4n) is 3.93. The van der Waals surface area contributed by atoms with Gasteiger partial charge < -0.3 is 9.80 Å². The van der Waals surface area contributed by atoms with E-state index >= 15 is 0 Å². The van der Waals surface area contributed by atoms with Crippen LogP contribution in [0.25, 0.3) is 0 Å². The van der Waals surface area contributed by atoms with E-state index in [0.29, 0.717) is 28.6 Å². The van der Waals surface area contributed by atoms with Crippen molar-refractivity contribution in [2.45, 2.75) is 45.1 Å². The zero-order valence-corrected chi connectivity index (χ0v) is 16.8. The molecule has 2 aliphatic heterocycles. The Bertz CT molecular complexity index is 993. The predicted molar refractivity (Wildman–Crippen MR) is 102 cm³/mol. The lowest BCUT2D eigenvalue weighted by Crippen LogP contribution is -2.46. The first-order valence-electron chi connectivity index (χ1n) is 9.45. The molecule has 0 N–H and O–H groups in total. The Hall–Kier alpha value is -2.62. The van der Waals surface area contributed by atoms with Gasteiger partial charge in [-0.3, -0.25) is 14.3 Å². The van der Waals surface area contributed by atoms with Crippen molar-refractivity contribution in [3.8, 4) is 0 Å². The first-order valence-corrected chi connectivity index (χ1v) is 9.83. The van der Waals surface area contributed by atoms with E-state index in [2.05, 4.69) is 10.1 Å². The summed E-state index contributed by atoms with van der Waals surface area (Å²) >= 11 is 5.88. The van der Waals surface area contributed by atoms with E-state index in [1.165, 1.54) is 12.4 Å². The molecule has 2 aliphatic rings. The molecular formula is C19H19ClF3N5O2. The molecule has 0 spiro atoms. The molecule has 0 bridgehead atoms. The normalized spacial score (nSPS) is 21.8. The number of hydrogen-bond donors (Lipinski definition) is 0. The number of carbonyl (C=O) groups excluding carboxylic acids is 2. The van der Waals surface area contributed by atoms with Crippen molar-refractivity contribution in [2.75, 3.05) is 11.4 Å². The summed E-state index contributed by atoms with van der Waals surface area (Å²) in [4.78, 5) is 31.8. The molecule has 2 amide bonds. The number of rotatable bonds is 3. The van der Waals surface area contributed by atoms with E-state index in [0.717, 1.165) is 4.90 Å². The molecule has 0 aromatic carbocycles. The average molecular weight is 442 g/mol. The van der Waals surface area contributed by atoms with Crippen LogP contribution in [-0.4, -0.2) is 50.2 Å². The highest BCUT2D eigenvalue weighted by atomic mass is 35.5. The first-order chi connectivity index (χ1) is 14.1. The van der Waals surface area contributed by atoms with Crippen LogP contribution in [0.4, 0.5) is 18.9 Å². The van der Waals surface area contributed by atoms with Crippen LogP contribution in [0.1, 0.15) is 24.6 Å². The number of aromatic nitrogens is 3. The highest BCUT2D eigenvalue weighted by molar-refractivity contribution is 6.29. The summed E-state index contributed by atoms with van der Waals surface area (Å²) in [6, 6.07) is 3.16. The third-order valence-corrected chi connectivity index (χ3v) is 5.77. The second-order valence-corrected chi connectivity index (χ2v) is 8.03. The first kappa shape index (κ1) is 20.6. The average Bonchev–Trinajstić information content (AvgIpc) is 3.23. The molecule has 2 aromatic heterocycles. The van der Waals surface area contributed by atoms with Crippen molar-refractivity contribution in [1.29, 1.82) is 0 Å². The zero-order chi connectivity index (χ0) is 21.6. The highest BCUT2D eigenvalue weighted by Crippen LogP contribution is 2.38. The van der Waals surface area contributed by atoms with Crippen LogP contribution in [0.5, 0.6) is 0 Å². The Morgan fingerprint density at radius 2 is 2.10 bits per heavy atom. The van der Waals surface area contributed by atoms with Gasteiger partial charge in [-0.25, -0.2) is 4.98 Å². The minimum atomic E-state index is -4.43. The molecule has 0 aliphatic carbocycles. The van der Waals surface area contributed by atoms with E-state index in [1.807, 2.05) is 6.92 Å². The summed E-state index contributed by atoms with van der Waals surface area (Å²) in [7, 11) is 0. The lowest BCUT2D eigenvalue weighted by Gasteiger charge is -2.35. The van der Waals surface area contributed by atoms with Gasteiger partial charge in [0, 0.05) is 25.2 Å². The Morgan fingerprint density at radius 3 is 2.77 bits per heavy atom. The summed E-state index contributed by atoms with van der Waals surface area (Å²) in [5.74, 6) is -2.43. The van der Waals surface area contributed by atoms with Crippen molar-refractivity contribution in [3.05, 3.63) is 40.9 Å². The van der Waals surface area contributed by atoms with Crippen molar-refractivity contribution in [1.82, 2.24) is 19.7 Å². The summed E-state index contributed by atoms with van der Waals surface area (Å²) in [6.45, 7) is 2.00. The minimum Gasteiger partial charge on any atom is -0.332 e. The molecule has 2 atom stereocenters. The van der Waals surface area contributed by atoms with Crippen molar-refractivity contribution in [2.24, 2.45) is 5.92 Å². The quantitative estimate of drug-likeness (QED) is 0.687. The number of nitrogens with zero attached hydrogens (tertiary/aromatic N) is 5. The van der Waals surface area contributed by atoms with Gasteiger partial charge in [0.15, 0.2) is 0 Å². The van der Waals surface area contributed by atoms with E-state index in [9.17, 15) is 22.8 Å². The Balaban J connectivity index is 1.55. The van der Waals surface area contributed by atoms with Crippen LogP contribution in [0.15, 0.2) is 24.5 Å². The maximum atomic E-state index is 13.1. The number of alkyl halides is 3. The molecular weight excluding hydrogens is 423 g/mol. The molecule has 0 radical (unpaired) electrons. The molecule has 11 heteroatoms. The summed E-state index contributed by atoms with van der Waals surface area (Å²) in [6.07, 6.45) is -1.95. The third-order valence-electron chi connectivity index (χ3n) is 5.56. The van der Waals surface area contributed by atoms with Crippen molar-refractivity contribution < 1.29 is 22.8 Å². The maximum Gasteiger partial charge on any atom is 0.394 e. The fraction of sp³-hybridized carbons (Fsp3) is 0.474.